The third-order valence-electron chi connectivity index (χ3n) is 6.64. The highest BCUT2D eigenvalue weighted by atomic mass is 28.3. The lowest BCUT2D eigenvalue weighted by molar-refractivity contribution is 0.0340. The molecule has 182 valence electrons. The van der Waals surface area contributed by atoms with Crippen LogP contribution in [-0.4, -0.2) is 41.5 Å². The fourth-order valence-corrected chi connectivity index (χ4v) is 12.2. The monoisotopic (exact) mass is 470 g/mol. The van der Waals surface area contributed by atoms with Gasteiger partial charge in [-0.3, -0.25) is 4.90 Å². The first-order chi connectivity index (χ1) is 15.4. The van der Waals surface area contributed by atoms with E-state index in [1.165, 1.54) is 15.8 Å². The molecule has 0 saturated carbocycles. The van der Waals surface area contributed by atoms with E-state index in [0.29, 0.717) is 18.7 Å². The lowest BCUT2D eigenvalue weighted by atomic mass is 10.2. The van der Waals surface area contributed by atoms with Gasteiger partial charge < -0.3 is 8.97 Å². The first-order valence-corrected chi connectivity index (χ1v) is 14.3. The number of allylic oxidation sites excluding steroid dienone is 1. The van der Waals surface area contributed by atoms with E-state index in [1.807, 2.05) is 0 Å². The molecular weight excluding hydrogens is 428 g/mol. The largest absolute Gasteiger partial charge is 0.443 e. The Labute approximate surface area is 200 Å². The minimum atomic E-state index is -1.60. The van der Waals surface area contributed by atoms with Gasteiger partial charge >= 0.3 is 6.09 Å². The second-order valence-corrected chi connectivity index (χ2v) is 16.6. The molecule has 33 heavy (non-hydrogen) atoms. The number of ether oxygens (including phenoxy) is 1. The second kappa shape index (κ2) is 10.7. The molecule has 0 unspecified atom stereocenters. The number of para-hydroxylation sites is 1. The van der Waals surface area contributed by atoms with Gasteiger partial charge in [-0.2, -0.15) is 0 Å². The Morgan fingerprint density at radius 2 is 1.58 bits per heavy atom. The molecule has 1 fully saturated rings. The number of benzene rings is 1. The van der Waals surface area contributed by atoms with Crippen molar-refractivity contribution in [2.24, 2.45) is 0 Å². The van der Waals surface area contributed by atoms with Crippen LogP contribution in [0.4, 0.5) is 4.79 Å². The Morgan fingerprint density at radius 3 is 2.09 bits per heavy atom. The molecule has 1 aliphatic rings. The average molecular weight is 471 g/mol. The number of aromatic nitrogens is 1. The van der Waals surface area contributed by atoms with E-state index in [1.54, 1.807) is 26.7 Å². The third kappa shape index (κ3) is 5.80. The first-order valence-electron chi connectivity index (χ1n) is 12.2. The number of amides is 1. The fourth-order valence-electron chi connectivity index (χ4n) is 5.55. The van der Waals surface area contributed by atoms with Crippen LogP contribution in [0.25, 0.3) is 10.9 Å². The highest BCUT2D eigenvalue weighted by molar-refractivity contribution is 6.82. The van der Waals surface area contributed by atoms with Crippen molar-refractivity contribution >= 4 is 31.2 Å². The molecule has 0 aliphatic carbocycles. The standard InChI is InChI=1S/C17H27NSi.C10H15NO3/c1-13(2)19(14(3)4,15(5)6)18-12-11-16-9-7-8-10-17(16)18;1-10(2,3)14-9(13)11-6-4-5-8(11)7-12/h7-15H,1-6H3;4-6H2,1-3H3. The molecule has 1 aromatic heterocycles. The minimum absolute atomic E-state index is 0.402. The lowest BCUT2D eigenvalue weighted by Gasteiger charge is -2.44. The van der Waals surface area contributed by atoms with Crippen LogP contribution < -0.4 is 0 Å². The molecule has 1 aromatic carbocycles. The quantitative estimate of drug-likeness (QED) is 0.345. The van der Waals surface area contributed by atoms with Gasteiger partial charge in [-0.05, 0) is 67.5 Å². The summed E-state index contributed by atoms with van der Waals surface area (Å²) in [6.07, 6.45) is 3.32. The summed E-state index contributed by atoms with van der Waals surface area (Å²) < 4.78 is 7.81. The Balaban J connectivity index is 0.000000245. The van der Waals surface area contributed by atoms with E-state index in [4.69, 9.17) is 4.74 Å². The predicted octanol–water partition coefficient (Wildman–Crippen LogP) is 7.40. The zero-order valence-electron chi connectivity index (χ0n) is 21.9. The molecular formula is C27H42N2O3Si. The fraction of sp³-hybridized carbons (Fsp3) is 0.593. The summed E-state index contributed by atoms with van der Waals surface area (Å²) in [5.41, 5.74) is 3.52. The van der Waals surface area contributed by atoms with Gasteiger partial charge in [0, 0.05) is 18.5 Å². The smallest absolute Gasteiger partial charge is 0.415 e. The van der Waals surface area contributed by atoms with Crippen LogP contribution in [0, 0.1) is 0 Å². The summed E-state index contributed by atoms with van der Waals surface area (Å²) in [5, 5.41) is 1.38. The molecule has 0 N–H and O–H groups in total. The molecule has 0 atom stereocenters. The van der Waals surface area contributed by atoms with Gasteiger partial charge in [-0.25, -0.2) is 9.59 Å². The Bertz CT molecular complexity index is 972. The molecule has 0 bridgehead atoms. The van der Waals surface area contributed by atoms with Gasteiger partial charge in [0.15, 0.2) is 8.24 Å². The van der Waals surface area contributed by atoms with E-state index in [0.717, 1.165) is 23.0 Å². The van der Waals surface area contributed by atoms with Crippen molar-refractivity contribution in [1.82, 2.24) is 9.13 Å². The zero-order valence-corrected chi connectivity index (χ0v) is 22.9. The molecule has 0 radical (unpaired) electrons. The second-order valence-electron chi connectivity index (χ2n) is 10.9. The predicted molar refractivity (Wildman–Crippen MR) is 140 cm³/mol. The van der Waals surface area contributed by atoms with E-state index < -0.39 is 19.9 Å². The van der Waals surface area contributed by atoms with Crippen LogP contribution in [0.3, 0.4) is 0 Å². The van der Waals surface area contributed by atoms with Crippen LogP contribution >= 0.6 is 0 Å². The van der Waals surface area contributed by atoms with Crippen LogP contribution in [-0.2, 0) is 9.53 Å². The van der Waals surface area contributed by atoms with Crippen LogP contribution in [0.5, 0.6) is 0 Å². The molecule has 5 nitrogen and oxygen atoms in total. The number of hydrogen-bond acceptors (Lipinski definition) is 3. The maximum Gasteiger partial charge on any atom is 0.415 e. The molecule has 1 saturated heterocycles. The molecule has 2 heterocycles. The number of rotatable bonds is 4. The van der Waals surface area contributed by atoms with Crippen molar-refractivity contribution in [2.75, 3.05) is 6.54 Å². The van der Waals surface area contributed by atoms with Crippen molar-refractivity contribution < 1.29 is 14.3 Å². The van der Waals surface area contributed by atoms with Crippen molar-refractivity contribution in [3.63, 3.8) is 0 Å². The zero-order chi connectivity index (χ0) is 25.0. The maximum absolute atomic E-state index is 11.5. The minimum Gasteiger partial charge on any atom is -0.443 e. The summed E-state index contributed by atoms with van der Waals surface area (Å²) in [4.78, 5) is 23.4. The summed E-state index contributed by atoms with van der Waals surface area (Å²) in [6, 6.07) is 11.1. The van der Waals surface area contributed by atoms with Crippen LogP contribution in [0.15, 0.2) is 42.2 Å². The normalized spacial score (nSPS) is 14.7. The van der Waals surface area contributed by atoms with E-state index in [-0.39, 0.29) is 0 Å². The van der Waals surface area contributed by atoms with Crippen LogP contribution in [0.2, 0.25) is 16.6 Å². The Hall–Kier alpha value is -2.30. The van der Waals surface area contributed by atoms with Crippen molar-refractivity contribution in [2.45, 2.75) is 97.4 Å². The highest BCUT2D eigenvalue weighted by Gasteiger charge is 2.45. The molecule has 6 heteroatoms. The van der Waals surface area contributed by atoms with E-state index in [9.17, 15) is 9.59 Å². The number of hydrogen-bond donors (Lipinski definition) is 0. The number of fused-ring (bicyclic) bond motifs is 1. The summed E-state index contributed by atoms with van der Waals surface area (Å²) in [5.74, 6) is 1.77. The van der Waals surface area contributed by atoms with Crippen molar-refractivity contribution in [1.29, 1.82) is 0 Å². The number of nitrogens with zero attached hydrogens (tertiary/aromatic N) is 2. The molecule has 3 rings (SSSR count). The van der Waals surface area contributed by atoms with Gasteiger partial charge in [-0.15, -0.1) is 0 Å². The highest BCUT2D eigenvalue weighted by Crippen LogP contribution is 2.44. The summed E-state index contributed by atoms with van der Waals surface area (Å²) in [7, 11) is -1.60. The van der Waals surface area contributed by atoms with Crippen molar-refractivity contribution in [3.8, 4) is 0 Å². The molecule has 1 aliphatic heterocycles. The Morgan fingerprint density at radius 1 is 1.00 bits per heavy atom. The van der Waals surface area contributed by atoms with Crippen molar-refractivity contribution in [3.05, 3.63) is 42.2 Å². The summed E-state index contributed by atoms with van der Waals surface area (Å²) >= 11 is 0. The van der Waals surface area contributed by atoms with Gasteiger partial charge in [0.05, 0.1) is 0 Å². The Kier molecular flexibility index (Phi) is 8.78. The molecule has 0 spiro atoms. The molecule has 2 aromatic rings. The average Bonchev–Trinajstić information content (AvgIpc) is 3.34. The number of carbonyl (C=O) groups is 1. The van der Waals surface area contributed by atoms with Crippen LogP contribution in [0.1, 0.15) is 75.2 Å². The van der Waals surface area contributed by atoms with Gasteiger partial charge in [0.2, 0.25) is 0 Å². The summed E-state index contributed by atoms with van der Waals surface area (Å²) in [6.45, 7) is 20.5. The lowest BCUT2D eigenvalue weighted by Crippen LogP contribution is -2.51. The first kappa shape index (κ1) is 26.9. The third-order valence-corrected chi connectivity index (χ3v) is 13.4. The molecule has 1 amide bonds. The number of likely N-dealkylation sites (tertiary alicyclic amines) is 1. The van der Waals surface area contributed by atoms with Gasteiger partial charge in [-0.1, -0.05) is 59.7 Å². The maximum atomic E-state index is 11.5. The van der Waals surface area contributed by atoms with Gasteiger partial charge in [0.25, 0.3) is 0 Å². The number of carbonyl (C=O) groups excluding carboxylic acids is 2. The SMILES string of the molecule is CC(C)(C)OC(=O)N1CCCC1=C=O.CC(C)[Si](C(C)C)(C(C)C)n1ccc2ccccc21. The topological polar surface area (TPSA) is 51.5 Å². The van der Waals surface area contributed by atoms with E-state index >= 15 is 0 Å². The van der Waals surface area contributed by atoms with Gasteiger partial charge in [0.1, 0.15) is 17.2 Å². The van der Waals surface area contributed by atoms with E-state index in [2.05, 4.69) is 82.3 Å².